The first-order chi connectivity index (χ1) is 15.7. The first kappa shape index (κ1) is 20.8. The molecule has 32 heavy (non-hydrogen) atoms. The number of fused-ring (bicyclic) bond motifs is 2. The largest absolute Gasteiger partial charge is 0.251 e. The Labute approximate surface area is 191 Å². The van der Waals surface area contributed by atoms with Gasteiger partial charge in [-0.25, -0.2) is 4.98 Å². The molecule has 1 heterocycles. The van der Waals surface area contributed by atoms with Gasteiger partial charge in [0.1, 0.15) is 0 Å². The summed E-state index contributed by atoms with van der Waals surface area (Å²) >= 11 is 0. The Balaban J connectivity index is 1.45. The van der Waals surface area contributed by atoms with Crippen molar-refractivity contribution in [2.45, 2.75) is 65.2 Å². The molecule has 3 heteroatoms. The van der Waals surface area contributed by atoms with E-state index in [1.165, 1.54) is 60.8 Å². The monoisotopic (exact) mass is 421 g/mol. The van der Waals surface area contributed by atoms with Crippen LogP contribution in [0.3, 0.4) is 0 Å². The molecule has 2 aliphatic carbocycles. The number of aromatic nitrogens is 1. The van der Waals surface area contributed by atoms with E-state index in [9.17, 15) is 0 Å². The molecule has 2 aliphatic rings. The average Bonchev–Trinajstić information content (AvgIpc) is 2.84. The van der Waals surface area contributed by atoms with Gasteiger partial charge in [-0.15, -0.1) is 0 Å². The van der Waals surface area contributed by atoms with Crippen molar-refractivity contribution >= 4 is 22.8 Å². The van der Waals surface area contributed by atoms with Crippen LogP contribution in [0.5, 0.6) is 0 Å². The van der Waals surface area contributed by atoms with E-state index in [1.807, 2.05) is 0 Å². The topological polar surface area (TPSA) is 37.6 Å². The lowest BCUT2D eigenvalue weighted by Crippen LogP contribution is -2.07. The van der Waals surface area contributed by atoms with Crippen LogP contribution >= 0.6 is 0 Å². The first-order valence-corrected chi connectivity index (χ1v) is 12.0. The zero-order chi connectivity index (χ0) is 21.9. The summed E-state index contributed by atoms with van der Waals surface area (Å²) in [6.45, 7) is 4.13. The van der Waals surface area contributed by atoms with Crippen molar-refractivity contribution in [1.82, 2.24) is 4.98 Å². The van der Waals surface area contributed by atoms with E-state index < -0.39 is 0 Å². The van der Waals surface area contributed by atoms with Gasteiger partial charge in [0.15, 0.2) is 0 Å². The van der Waals surface area contributed by atoms with Crippen LogP contribution in [0, 0.1) is 0 Å². The fourth-order valence-electron chi connectivity index (χ4n) is 5.05. The third-order valence-electron chi connectivity index (χ3n) is 6.81. The summed E-state index contributed by atoms with van der Waals surface area (Å²) in [6.07, 6.45) is 9.68. The Bertz CT molecular complexity index is 1110. The lowest BCUT2D eigenvalue weighted by Gasteiger charge is -2.18. The fraction of sp³-hybridized carbons (Fsp3) is 0.345. The maximum absolute atomic E-state index is 5.00. The molecule has 3 nitrogen and oxygen atoms in total. The van der Waals surface area contributed by atoms with Gasteiger partial charge in [-0.1, -0.05) is 30.3 Å². The molecule has 162 valence electrons. The molecule has 0 spiro atoms. The number of hydrogen-bond acceptors (Lipinski definition) is 3. The second-order valence-electron chi connectivity index (χ2n) is 9.05. The molecule has 0 aliphatic heterocycles. The highest BCUT2D eigenvalue weighted by Gasteiger charge is 2.15. The molecule has 0 unspecified atom stereocenters. The highest BCUT2D eigenvalue weighted by Crippen LogP contribution is 2.31. The van der Waals surface area contributed by atoms with E-state index in [0.29, 0.717) is 0 Å². The predicted molar refractivity (Wildman–Crippen MR) is 134 cm³/mol. The van der Waals surface area contributed by atoms with E-state index in [4.69, 9.17) is 15.0 Å². The molecule has 2 aromatic carbocycles. The van der Waals surface area contributed by atoms with Crippen molar-refractivity contribution in [2.24, 2.45) is 9.98 Å². The standard InChI is InChI=1S/C29H31N3/c1-20(30-28-18-7-12-22-10-3-5-14-24(22)28)26-16-9-17-27(32-26)21(2)31-29-19-8-13-23-11-4-6-15-25(23)29/h7-9,12-13,16-19H,3-6,10-11,14-15H2,1-2H3/b30-20+,31-21+. The van der Waals surface area contributed by atoms with E-state index in [0.717, 1.165) is 47.0 Å². The van der Waals surface area contributed by atoms with Crippen molar-refractivity contribution in [1.29, 1.82) is 0 Å². The molecule has 0 radical (unpaired) electrons. The summed E-state index contributed by atoms with van der Waals surface area (Å²) in [5.74, 6) is 0. The zero-order valence-corrected chi connectivity index (χ0v) is 19.2. The third-order valence-corrected chi connectivity index (χ3v) is 6.81. The lowest BCUT2D eigenvalue weighted by molar-refractivity contribution is 0.686. The molecule has 0 saturated heterocycles. The van der Waals surface area contributed by atoms with Crippen LogP contribution in [-0.4, -0.2) is 16.4 Å². The number of aryl methyl sites for hydroxylation is 2. The molecular formula is C29H31N3. The van der Waals surface area contributed by atoms with Crippen molar-refractivity contribution in [3.05, 3.63) is 88.2 Å². The van der Waals surface area contributed by atoms with Crippen LogP contribution in [0.25, 0.3) is 0 Å². The van der Waals surface area contributed by atoms with E-state index in [-0.39, 0.29) is 0 Å². The maximum Gasteiger partial charge on any atom is 0.0849 e. The molecule has 3 aromatic rings. The van der Waals surface area contributed by atoms with Gasteiger partial charge < -0.3 is 0 Å². The molecule has 5 rings (SSSR count). The Morgan fingerprint density at radius 2 is 1.03 bits per heavy atom. The molecule has 0 fully saturated rings. The van der Waals surface area contributed by atoms with Crippen molar-refractivity contribution in [3.63, 3.8) is 0 Å². The number of rotatable bonds is 4. The van der Waals surface area contributed by atoms with Crippen LogP contribution < -0.4 is 0 Å². The minimum Gasteiger partial charge on any atom is -0.251 e. The van der Waals surface area contributed by atoms with Crippen LogP contribution in [0.4, 0.5) is 11.4 Å². The van der Waals surface area contributed by atoms with Gasteiger partial charge in [-0.2, -0.15) is 0 Å². The zero-order valence-electron chi connectivity index (χ0n) is 19.2. The van der Waals surface area contributed by atoms with Crippen LogP contribution in [0.2, 0.25) is 0 Å². The van der Waals surface area contributed by atoms with Gasteiger partial charge in [0.2, 0.25) is 0 Å². The minimum absolute atomic E-state index is 0.917. The lowest BCUT2D eigenvalue weighted by atomic mass is 9.90. The number of pyridine rings is 1. The van der Waals surface area contributed by atoms with Crippen LogP contribution in [0.1, 0.15) is 73.2 Å². The van der Waals surface area contributed by atoms with E-state index in [1.54, 1.807) is 0 Å². The van der Waals surface area contributed by atoms with Gasteiger partial charge in [-0.3, -0.25) is 9.98 Å². The average molecular weight is 422 g/mol. The molecule has 1 aromatic heterocycles. The van der Waals surface area contributed by atoms with E-state index >= 15 is 0 Å². The quantitative estimate of drug-likeness (QED) is 0.413. The predicted octanol–water partition coefficient (Wildman–Crippen LogP) is 7.12. The van der Waals surface area contributed by atoms with Gasteiger partial charge >= 0.3 is 0 Å². The summed E-state index contributed by atoms with van der Waals surface area (Å²) in [6, 6.07) is 19.2. The van der Waals surface area contributed by atoms with E-state index in [2.05, 4.69) is 68.4 Å². The second-order valence-corrected chi connectivity index (χ2v) is 9.05. The minimum atomic E-state index is 0.917. The van der Waals surface area contributed by atoms with Crippen molar-refractivity contribution in [2.75, 3.05) is 0 Å². The SMILES string of the molecule is C/C(=N\c1cccc2c1CCCC2)c1cccc(/C(C)=N/c2cccc3c2CCCC3)n1. The number of nitrogens with zero attached hydrogens (tertiary/aromatic N) is 3. The molecular weight excluding hydrogens is 390 g/mol. The molecule has 0 bridgehead atoms. The number of benzene rings is 2. The van der Waals surface area contributed by atoms with Crippen LogP contribution in [0.15, 0.2) is 64.6 Å². The Morgan fingerprint density at radius 3 is 1.53 bits per heavy atom. The van der Waals surface area contributed by atoms with Gasteiger partial charge in [0.05, 0.1) is 34.2 Å². The van der Waals surface area contributed by atoms with Gasteiger partial charge in [-0.05, 0) is 112 Å². The van der Waals surface area contributed by atoms with Gasteiger partial charge in [0, 0.05) is 0 Å². The fourth-order valence-corrected chi connectivity index (χ4v) is 5.05. The first-order valence-electron chi connectivity index (χ1n) is 12.0. The third kappa shape index (κ3) is 4.29. The maximum atomic E-state index is 5.00. The highest BCUT2D eigenvalue weighted by molar-refractivity contribution is 6.02. The Morgan fingerprint density at radius 1 is 0.594 bits per heavy atom. The molecule has 0 saturated carbocycles. The summed E-state index contributed by atoms with van der Waals surface area (Å²) in [5.41, 5.74) is 11.7. The van der Waals surface area contributed by atoms with Crippen LogP contribution in [-0.2, 0) is 25.7 Å². The summed E-state index contributed by atoms with van der Waals surface area (Å²) in [7, 11) is 0. The normalized spacial score (nSPS) is 16.4. The number of aliphatic imine (C=N–C) groups is 2. The second kappa shape index (κ2) is 9.20. The molecule has 0 amide bonds. The summed E-state index contributed by atoms with van der Waals surface area (Å²) in [5, 5.41) is 0. The van der Waals surface area contributed by atoms with Crippen molar-refractivity contribution in [3.8, 4) is 0 Å². The number of hydrogen-bond donors (Lipinski definition) is 0. The summed E-state index contributed by atoms with van der Waals surface area (Å²) < 4.78 is 0. The Kier molecular flexibility index (Phi) is 5.98. The highest BCUT2D eigenvalue weighted by atomic mass is 14.8. The smallest absolute Gasteiger partial charge is 0.0849 e. The Hall–Kier alpha value is -3.07. The summed E-state index contributed by atoms with van der Waals surface area (Å²) in [4.78, 5) is 14.9. The molecule has 0 atom stereocenters. The van der Waals surface area contributed by atoms with Gasteiger partial charge in [0.25, 0.3) is 0 Å². The van der Waals surface area contributed by atoms with Crippen molar-refractivity contribution < 1.29 is 0 Å². The molecule has 0 N–H and O–H groups in total.